The average Bonchev–Trinajstić information content (AvgIpc) is 2.80. The molecule has 7 heteroatoms. The maximum atomic E-state index is 10.8. The Morgan fingerprint density at radius 3 is 2.81 bits per heavy atom. The minimum atomic E-state index is -0.862. The fraction of sp³-hybridized carbons (Fsp3) is 0.357. The van der Waals surface area contributed by atoms with E-state index in [-0.39, 0.29) is 5.75 Å². The third-order valence-electron chi connectivity index (χ3n) is 2.90. The largest absolute Gasteiger partial charge is 0.481 e. The molecule has 0 bridgehead atoms. The number of halogens is 1. The van der Waals surface area contributed by atoms with Gasteiger partial charge in [-0.15, -0.1) is 10.2 Å². The number of carbonyl (C=O) groups is 1. The predicted molar refractivity (Wildman–Crippen MR) is 86.2 cm³/mol. The molecule has 0 fully saturated rings. The van der Waals surface area contributed by atoms with Gasteiger partial charge in [0, 0.05) is 10.9 Å². The molecule has 1 aromatic carbocycles. The van der Waals surface area contributed by atoms with Crippen molar-refractivity contribution in [3.8, 4) is 5.69 Å². The number of carboxylic acids is 1. The number of aryl methyl sites for hydroxylation is 2. The molecule has 1 N–H and O–H groups in total. The molecule has 2 aromatic rings. The molecule has 0 spiro atoms. The SMILES string of the molecule is CCCc1nnc(SCC(=O)O)n1-c1ccc(Br)cc1C. The quantitative estimate of drug-likeness (QED) is 0.789. The van der Waals surface area contributed by atoms with E-state index < -0.39 is 5.97 Å². The van der Waals surface area contributed by atoms with Crippen molar-refractivity contribution in [1.29, 1.82) is 0 Å². The summed E-state index contributed by atoms with van der Waals surface area (Å²) in [5.41, 5.74) is 2.07. The molecule has 112 valence electrons. The van der Waals surface area contributed by atoms with E-state index in [1.165, 1.54) is 11.8 Å². The second-order valence-corrected chi connectivity index (χ2v) is 6.46. The summed E-state index contributed by atoms with van der Waals surface area (Å²) in [6, 6.07) is 5.98. The number of nitrogens with zero attached hydrogens (tertiary/aromatic N) is 3. The minimum Gasteiger partial charge on any atom is -0.481 e. The minimum absolute atomic E-state index is 0.0279. The van der Waals surface area contributed by atoms with E-state index in [9.17, 15) is 4.79 Å². The number of aliphatic carboxylic acids is 1. The maximum absolute atomic E-state index is 10.8. The first-order valence-corrected chi connectivity index (χ1v) is 8.36. The van der Waals surface area contributed by atoms with Crippen LogP contribution in [0.15, 0.2) is 27.8 Å². The van der Waals surface area contributed by atoms with Gasteiger partial charge in [0.25, 0.3) is 0 Å². The van der Waals surface area contributed by atoms with Crippen LogP contribution in [0.4, 0.5) is 0 Å². The first kappa shape index (κ1) is 16.0. The Balaban J connectivity index is 2.47. The summed E-state index contributed by atoms with van der Waals surface area (Å²) in [5.74, 6) is -0.0326. The molecule has 0 aliphatic rings. The summed E-state index contributed by atoms with van der Waals surface area (Å²) in [6.45, 7) is 4.10. The molecule has 0 amide bonds. The normalized spacial score (nSPS) is 10.8. The molecule has 1 heterocycles. The fourth-order valence-electron chi connectivity index (χ4n) is 2.02. The van der Waals surface area contributed by atoms with E-state index in [1.807, 2.05) is 29.7 Å². The van der Waals surface area contributed by atoms with Crippen molar-refractivity contribution in [2.45, 2.75) is 31.8 Å². The second kappa shape index (κ2) is 7.09. The Morgan fingerprint density at radius 2 is 2.19 bits per heavy atom. The standard InChI is InChI=1S/C14H16BrN3O2S/c1-3-4-12-16-17-14(21-8-13(19)20)18(12)11-6-5-10(15)7-9(11)2/h5-7H,3-4,8H2,1-2H3,(H,19,20). The highest BCUT2D eigenvalue weighted by molar-refractivity contribution is 9.10. The first-order chi connectivity index (χ1) is 10.0. The number of benzene rings is 1. The topological polar surface area (TPSA) is 68.0 Å². The van der Waals surface area contributed by atoms with Crippen LogP contribution in [0, 0.1) is 6.92 Å². The third kappa shape index (κ3) is 3.85. The molecule has 0 aliphatic carbocycles. The van der Waals surface area contributed by atoms with Crippen LogP contribution in [0.25, 0.3) is 5.69 Å². The highest BCUT2D eigenvalue weighted by Crippen LogP contribution is 2.26. The van der Waals surface area contributed by atoms with Gasteiger partial charge in [-0.3, -0.25) is 9.36 Å². The average molecular weight is 370 g/mol. The number of aromatic nitrogens is 3. The van der Waals surface area contributed by atoms with Crippen LogP contribution >= 0.6 is 27.7 Å². The van der Waals surface area contributed by atoms with Crippen LogP contribution in [0.5, 0.6) is 0 Å². The Labute approximate surface area is 135 Å². The van der Waals surface area contributed by atoms with Crippen molar-refractivity contribution in [3.63, 3.8) is 0 Å². The van der Waals surface area contributed by atoms with Crippen molar-refractivity contribution in [2.75, 3.05) is 5.75 Å². The summed E-state index contributed by atoms with van der Waals surface area (Å²) in [6.07, 6.45) is 1.76. The van der Waals surface area contributed by atoms with Gasteiger partial charge in [0.2, 0.25) is 0 Å². The van der Waals surface area contributed by atoms with Crippen LogP contribution in [0.2, 0.25) is 0 Å². The van der Waals surface area contributed by atoms with Crippen molar-refractivity contribution in [2.24, 2.45) is 0 Å². The molecule has 2 rings (SSSR count). The first-order valence-electron chi connectivity index (χ1n) is 6.58. The molecule has 0 unspecified atom stereocenters. The summed E-state index contributed by atoms with van der Waals surface area (Å²) < 4.78 is 2.97. The zero-order valence-corrected chi connectivity index (χ0v) is 14.2. The number of thioether (sulfide) groups is 1. The van der Waals surface area contributed by atoms with E-state index in [0.29, 0.717) is 5.16 Å². The molecule has 5 nitrogen and oxygen atoms in total. The van der Waals surface area contributed by atoms with Gasteiger partial charge < -0.3 is 5.11 Å². The molecule has 0 aliphatic heterocycles. The highest BCUT2D eigenvalue weighted by Gasteiger charge is 2.16. The molecule has 21 heavy (non-hydrogen) atoms. The van der Waals surface area contributed by atoms with Gasteiger partial charge in [0.15, 0.2) is 5.16 Å². The van der Waals surface area contributed by atoms with Gasteiger partial charge in [-0.1, -0.05) is 34.6 Å². The molecular weight excluding hydrogens is 354 g/mol. The van der Waals surface area contributed by atoms with Crippen LogP contribution < -0.4 is 0 Å². The van der Waals surface area contributed by atoms with Crippen LogP contribution in [-0.2, 0) is 11.2 Å². The summed E-state index contributed by atoms with van der Waals surface area (Å²) in [7, 11) is 0. The van der Waals surface area contributed by atoms with Crippen LogP contribution in [-0.4, -0.2) is 31.6 Å². The van der Waals surface area contributed by atoms with Crippen molar-refractivity contribution < 1.29 is 9.90 Å². The monoisotopic (exact) mass is 369 g/mol. The van der Waals surface area contributed by atoms with Crippen molar-refractivity contribution in [3.05, 3.63) is 34.1 Å². The van der Waals surface area contributed by atoms with Gasteiger partial charge in [0.05, 0.1) is 11.4 Å². The number of carboxylic acid groups (broad SMARTS) is 1. The Bertz CT molecular complexity index is 658. The van der Waals surface area contributed by atoms with E-state index in [2.05, 4.69) is 33.1 Å². The molecule has 0 saturated carbocycles. The van der Waals surface area contributed by atoms with Gasteiger partial charge in [-0.2, -0.15) is 0 Å². The smallest absolute Gasteiger partial charge is 0.313 e. The summed E-state index contributed by atoms with van der Waals surface area (Å²) in [4.78, 5) is 10.8. The predicted octanol–water partition coefficient (Wildman–Crippen LogP) is 3.47. The second-order valence-electron chi connectivity index (χ2n) is 4.60. The molecule has 0 atom stereocenters. The number of hydrogen-bond donors (Lipinski definition) is 1. The van der Waals surface area contributed by atoms with Gasteiger partial charge in [0.1, 0.15) is 5.82 Å². The Hall–Kier alpha value is -1.34. The number of hydrogen-bond acceptors (Lipinski definition) is 4. The van der Waals surface area contributed by atoms with E-state index in [4.69, 9.17) is 5.11 Å². The van der Waals surface area contributed by atoms with Crippen molar-refractivity contribution in [1.82, 2.24) is 14.8 Å². The van der Waals surface area contributed by atoms with E-state index in [0.717, 1.165) is 34.4 Å². The van der Waals surface area contributed by atoms with E-state index >= 15 is 0 Å². The van der Waals surface area contributed by atoms with Crippen molar-refractivity contribution >= 4 is 33.7 Å². The van der Waals surface area contributed by atoms with Gasteiger partial charge in [-0.05, 0) is 37.1 Å². The third-order valence-corrected chi connectivity index (χ3v) is 4.31. The maximum Gasteiger partial charge on any atom is 0.313 e. The lowest BCUT2D eigenvalue weighted by molar-refractivity contribution is -0.133. The van der Waals surface area contributed by atoms with Gasteiger partial charge >= 0.3 is 5.97 Å². The highest BCUT2D eigenvalue weighted by atomic mass is 79.9. The lowest BCUT2D eigenvalue weighted by Crippen LogP contribution is -2.06. The zero-order chi connectivity index (χ0) is 15.4. The van der Waals surface area contributed by atoms with Crippen LogP contribution in [0.3, 0.4) is 0 Å². The summed E-state index contributed by atoms with van der Waals surface area (Å²) >= 11 is 4.64. The van der Waals surface area contributed by atoms with Crippen LogP contribution in [0.1, 0.15) is 24.7 Å². The fourth-order valence-corrected chi connectivity index (χ4v) is 3.18. The van der Waals surface area contributed by atoms with E-state index in [1.54, 1.807) is 0 Å². The Morgan fingerprint density at radius 1 is 1.43 bits per heavy atom. The molecule has 0 saturated heterocycles. The molecule has 0 radical (unpaired) electrons. The Kier molecular flexibility index (Phi) is 5.41. The lowest BCUT2D eigenvalue weighted by Gasteiger charge is -2.12. The summed E-state index contributed by atoms with van der Waals surface area (Å²) in [5, 5.41) is 17.8. The molecular formula is C14H16BrN3O2S. The van der Waals surface area contributed by atoms with Gasteiger partial charge in [-0.25, -0.2) is 0 Å². The lowest BCUT2D eigenvalue weighted by atomic mass is 10.2. The zero-order valence-electron chi connectivity index (χ0n) is 11.8. The molecule has 1 aromatic heterocycles. The number of rotatable bonds is 6.